The predicted molar refractivity (Wildman–Crippen MR) is 71.7 cm³/mol. The monoisotopic (exact) mass is 291 g/mol. The van der Waals surface area contributed by atoms with Crippen molar-refractivity contribution < 1.29 is 0 Å². The van der Waals surface area contributed by atoms with Crippen molar-refractivity contribution in [2.75, 3.05) is 0 Å². The summed E-state index contributed by atoms with van der Waals surface area (Å²) in [5.74, 6) is 1.59. The van der Waals surface area contributed by atoms with Crippen molar-refractivity contribution in [3.63, 3.8) is 0 Å². The van der Waals surface area contributed by atoms with Gasteiger partial charge < -0.3 is 10.7 Å². The molecule has 3 nitrogen and oxygen atoms in total. The Morgan fingerprint density at radius 1 is 1.35 bits per heavy atom. The van der Waals surface area contributed by atoms with Crippen molar-refractivity contribution in [1.82, 2.24) is 9.97 Å². The smallest absolute Gasteiger partial charge is 0.109 e. The zero-order valence-corrected chi connectivity index (χ0v) is 10.9. The molecule has 4 heteroatoms. The van der Waals surface area contributed by atoms with Gasteiger partial charge in [0.15, 0.2) is 0 Å². The van der Waals surface area contributed by atoms with E-state index in [0.717, 1.165) is 34.4 Å². The number of rotatable bonds is 2. The summed E-state index contributed by atoms with van der Waals surface area (Å²) in [6.07, 6.45) is 4.00. The first-order valence-corrected chi connectivity index (χ1v) is 6.58. The number of hydrogen-bond donors (Lipinski definition) is 2. The van der Waals surface area contributed by atoms with Gasteiger partial charge in [-0.3, -0.25) is 0 Å². The average molecular weight is 292 g/mol. The highest BCUT2D eigenvalue weighted by Crippen LogP contribution is 2.34. The molecule has 2 aromatic rings. The second-order valence-corrected chi connectivity index (χ2v) is 5.54. The van der Waals surface area contributed by atoms with Crippen LogP contribution in [0.1, 0.15) is 24.6 Å². The van der Waals surface area contributed by atoms with E-state index in [0.29, 0.717) is 12.0 Å². The number of benzene rings is 1. The molecular weight excluding hydrogens is 278 g/mol. The minimum atomic E-state index is 0.361. The van der Waals surface area contributed by atoms with Gasteiger partial charge in [0.25, 0.3) is 0 Å². The summed E-state index contributed by atoms with van der Waals surface area (Å²) in [4.78, 5) is 7.84. The SMILES string of the molecule is NC1CC(c2ncc(-c3cccc(Br)c3)[nH]2)C1. The Labute approximate surface area is 109 Å². The van der Waals surface area contributed by atoms with Gasteiger partial charge in [-0.1, -0.05) is 28.1 Å². The van der Waals surface area contributed by atoms with E-state index >= 15 is 0 Å². The molecule has 17 heavy (non-hydrogen) atoms. The third-order valence-electron chi connectivity index (χ3n) is 3.29. The summed E-state index contributed by atoms with van der Waals surface area (Å²) < 4.78 is 1.08. The number of hydrogen-bond acceptors (Lipinski definition) is 2. The average Bonchev–Trinajstić information content (AvgIpc) is 2.74. The Balaban J connectivity index is 1.85. The van der Waals surface area contributed by atoms with Gasteiger partial charge in [0.2, 0.25) is 0 Å². The minimum Gasteiger partial charge on any atom is -0.342 e. The maximum Gasteiger partial charge on any atom is 0.109 e. The van der Waals surface area contributed by atoms with Gasteiger partial charge >= 0.3 is 0 Å². The van der Waals surface area contributed by atoms with E-state index in [1.807, 2.05) is 18.3 Å². The molecule has 1 aliphatic carbocycles. The highest BCUT2D eigenvalue weighted by Gasteiger charge is 2.29. The van der Waals surface area contributed by atoms with Crippen molar-refractivity contribution in [2.45, 2.75) is 24.8 Å². The van der Waals surface area contributed by atoms with Crippen LogP contribution in [0.15, 0.2) is 34.9 Å². The van der Waals surface area contributed by atoms with E-state index in [9.17, 15) is 0 Å². The van der Waals surface area contributed by atoms with E-state index < -0.39 is 0 Å². The van der Waals surface area contributed by atoms with Crippen molar-refractivity contribution in [3.05, 3.63) is 40.8 Å². The molecule has 0 radical (unpaired) electrons. The molecule has 0 unspecified atom stereocenters. The van der Waals surface area contributed by atoms with Gasteiger partial charge in [0.05, 0.1) is 11.9 Å². The fraction of sp³-hybridized carbons (Fsp3) is 0.308. The lowest BCUT2D eigenvalue weighted by atomic mass is 9.80. The molecule has 3 rings (SSSR count). The quantitative estimate of drug-likeness (QED) is 0.894. The molecular formula is C13H14BrN3. The molecule has 1 heterocycles. The van der Waals surface area contributed by atoms with Gasteiger partial charge in [0, 0.05) is 22.0 Å². The van der Waals surface area contributed by atoms with Crippen LogP contribution < -0.4 is 5.73 Å². The summed E-state index contributed by atoms with van der Waals surface area (Å²) in [7, 11) is 0. The minimum absolute atomic E-state index is 0.361. The largest absolute Gasteiger partial charge is 0.342 e. The zero-order valence-electron chi connectivity index (χ0n) is 9.36. The summed E-state index contributed by atoms with van der Waals surface area (Å²) in [6.45, 7) is 0. The Morgan fingerprint density at radius 2 is 2.18 bits per heavy atom. The van der Waals surface area contributed by atoms with Crippen LogP contribution in [-0.2, 0) is 0 Å². The Morgan fingerprint density at radius 3 is 2.88 bits per heavy atom. The third-order valence-corrected chi connectivity index (χ3v) is 3.79. The fourth-order valence-corrected chi connectivity index (χ4v) is 2.63. The Bertz CT molecular complexity index is 529. The van der Waals surface area contributed by atoms with Crippen LogP contribution in [0.25, 0.3) is 11.3 Å². The molecule has 1 aromatic carbocycles. The molecule has 1 saturated carbocycles. The molecule has 0 atom stereocenters. The molecule has 1 aliphatic rings. The second-order valence-electron chi connectivity index (χ2n) is 4.62. The number of imidazole rings is 1. The van der Waals surface area contributed by atoms with Gasteiger partial charge in [-0.05, 0) is 25.0 Å². The highest BCUT2D eigenvalue weighted by molar-refractivity contribution is 9.10. The van der Waals surface area contributed by atoms with Gasteiger partial charge in [-0.2, -0.15) is 0 Å². The van der Waals surface area contributed by atoms with Gasteiger partial charge in [0.1, 0.15) is 5.82 Å². The highest BCUT2D eigenvalue weighted by atomic mass is 79.9. The first kappa shape index (κ1) is 11.0. The summed E-state index contributed by atoms with van der Waals surface area (Å²) in [5.41, 5.74) is 8.02. The number of nitrogens with zero attached hydrogens (tertiary/aromatic N) is 1. The van der Waals surface area contributed by atoms with E-state index in [1.165, 1.54) is 0 Å². The molecule has 1 fully saturated rings. The van der Waals surface area contributed by atoms with Crippen LogP contribution in [-0.4, -0.2) is 16.0 Å². The molecule has 1 aromatic heterocycles. The topological polar surface area (TPSA) is 54.7 Å². The van der Waals surface area contributed by atoms with E-state index in [4.69, 9.17) is 5.73 Å². The van der Waals surface area contributed by atoms with E-state index in [2.05, 4.69) is 38.0 Å². The predicted octanol–water partition coefficient (Wildman–Crippen LogP) is 3.04. The zero-order chi connectivity index (χ0) is 11.8. The summed E-state index contributed by atoms with van der Waals surface area (Å²) >= 11 is 3.48. The molecule has 0 spiro atoms. The van der Waals surface area contributed by atoms with Crippen molar-refractivity contribution in [2.24, 2.45) is 5.73 Å². The molecule has 0 aliphatic heterocycles. The van der Waals surface area contributed by atoms with Crippen LogP contribution >= 0.6 is 15.9 Å². The number of H-pyrrole nitrogens is 1. The van der Waals surface area contributed by atoms with Crippen LogP contribution in [0, 0.1) is 0 Å². The maximum absolute atomic E-state index is 5.80. The summed E-state index contributed by atoms with van der Waals surface area (Å²) in [5, 5.41) is 0. The molecule has 0 bridgehead atoms. The number of halogens is 1. The van der Waals surface area contributed by atoms with Crippen LogP contribution in [0.2, 0.25) is 0 Å². The number of nitrogens with one attached hydrogen (secondary N) is 1. The standard InChI is InChI=1S/C13H14BrN3/c14-10-3-1-2-8(4-10)12-7-16-13(17-12)9-5-11(15)6-9/h1-4,7,9,11H,5-6,15H2,(H,16,17). The lowest BCUT2D eigenvalue weighted by Gasteiger charge is -2.30. The summed E-state index contributed by atoms with van der Waals surface area (Å²) in [6, 6.07) is 8.57. The van der Waals surface area contributed by atoms with Crippen molar-refractivity contribution >= 4 is 15.9 Å². The number of nitrogens with two attached hydrogens (primary N) is 1. The first-order valence-electron chi connectivity index (χ1n) is 5.79. The molecule has 0 saturated heterocycles. The van der Waals surface area contributed by atoms with Crippen molar-refractivity contribution in [1.29, 1.82) is 0 Å². The molecule has 0 amide bonds. The molecule has 3 N–H and O–H groups in total. The lowest BCUT2D eigenvalue weighted by molar-refractivity contribution is 0.340. The fourth-order valence-electron chi connectivity index (χ4n) is 2.23. The third kappa shape index (κ3) is 2.15. The Kier molecular flexibility index (Phi) is 2.76. The molecule has 88 valence electrons. The van der Waals surface area contributed by atoms with Crippen molar-refractivity contribution in [3.8, 4) is 11.3 Å². The van der Waals surface area contributed by atoms with Crippen LogP contribution in [0.5, 0.6) is 0 Å². The number of aromatic nitrogens is 2. The van der Waals surface area contributed by atoms with Crippen LogP contribution in [0.4, 0.5) is 0 Å². The van der Waals surface area contributed by atoms with Gasteiger partial charge in [-0.15, -0.1) is 0 Å². The normalized spacial score (nSPS) is 23.4. The maximum atomic E-state index is 5.80. The lowest BCUT2D eigenvalue weighted by Crippen LogP contribution is -2.35. The first-order chi connectivity index (χ1) is 8.22. The number of aromatic amines is 1. The second kappa shape index (κ2) is 4.27. The van der Waals surface area contributed by atoms with Crippen LogP contribution in [0.3, 0.4) is 0 Å². The van der Waals surface area contributed by atoms with Gasteiger partial charge in [-0.25, -0.2) is 4.98 Å². The van der Waals surface area contributed by atoms with E-state index in [-0.39, 0.29) is 0 Å². The Hall–Kier alpha value is -1.13. The van der Waals surface area contributed by atoms with E-state index in [1.54, 1.807) is 0 Å².